The van der Waals surface area contributed by atoms with Crippen molar-refractivity contribution in [1.82, 2.24) is 0 Å². The summed E-state index contributed by atoms with van der Waals surface area (Å²) in [6, 6.07) is 10.0. The lowest BCUT2D eigenvalue weighted by molar-refractivity contribution is 0.104. The van der Waals surface area contributed by atoms with Gasteiger partial charge in [-0.25, -0.2) is 0 Å². The molecule has 0 unspecified atom stereocenters. The highest BCUT2D eigenvalue weighted by molar-refractivity contribution is 7.12. The predicted octanol–water partition coefficient (Wildman–Crippen LogP) is 4.49. The average molecular weight is 258 g/mol. The van der Waals surface area contributed by atoms with E-state index in [1.807, 2.05) is 30.5 Å². The Morgan fingerprint density at radius 3 is 2.33 bits per heavy atom. The second kappa shape index (κ2) is 5.49. The van der Waals surface area contributed by atoms with E-state index in [1.165, 1.54) is 16.9 Å². The molecule has 94 valence electrons. The lowest BCUT2D eigenvalue weighted by atomic mass is 10.00. The molecule has 1 aromatic heterocycles. The second-order valence-electron chi connectivity index (χ2n) is 5.06. The molecule has 0 amide bonds. The highest BCUT2D eigenvalue weighted by Gasteiger charge is 2.12. The molecule has 0 bridgehead atoms. The average Bonchev–Trinajstić information content (AvgIpc) is 2.75. The molecule has 0 aliphatic heterocycles. The molecule has 0 radical (unpaired) electrons. The van der Waals surface area contributed by atoms with E-state index in [0.717, 1.165) is 22.4 Å². The summed E-state index contributed by atoms with van der Waals surface area (Å²) in [4.78, 5) is 13.1. The van der Waals surface area contributed by atoms with Crippen LogP contribution in [0.4, 0.5) is 0 Å². The minimum absolute atomic E-state index is 0.138. The minimum atomic E-state index is 0.138. The third-order valence-electron chi connectivity index (χ3n) is 2.93. The van der Waals surface area contributed by atoms with Crippen LogP contribution in [-0.4, -0.2) is 5.78 Å². The maximum Gasteiger partial charge on any atom is 0.203 e. The first-order valence-electron chi connectivity index (χ1n) is 6.25. The van der Waals surface area contributed by atoms with Gasteiger partial charge in [-0.15, -0.1) is 11.3 Å². The predicted molar refractivity (Wildman–Crippen MR) is 77.5 cm³/mol. The van der Waals surface area contributed by atoms with Crippen molar-refractivity contribution in [3.63, 3.8) is 0 Å². The van der Waals surface area contributed by atoms with E-state index < -0.39 is 0 Å². The molecule has 0 aliphatic carbocycles. The van der Waals surface area contributed by atoms with E-state index in [2.05, 4.69) is 26.0 Å². The highest BCUT2D eigenvalue weighted by Crippen LogP contribution is 2.20. The van der Waals surface area contributed by atoms with E-state index in [4.69, 9.17) is 0 Å². The van der Waals surface area contributed by atoms with Gasteiger partial charge in [0, 0.05) is 5.56 Å². The maximum absolute atomic E-state index is 12.3. The second-order valence-corrected chi connectivity index (χ2v) is 5.97. The number of benzene rings is 1. The van der Waals surface area contributed by atoms with E-state index >= 15 is 0 Å². The minimum Gasteiger partial charge on any atom is -0.288 e. The Balaban J connectivity index is 2.20. The molecule has 1 heterocycles. The van der Waals surface area contributed by atoms with Crippen LogP contribution in [0.5, 0.6) is 0 Å². The summed E-state index contributed by atoms with van der Waals surface area (Å²) in [6.07, 6.45) is 1.06. The third-order valence-corrected chi connectivity index (χ3v) is 3.94. The molecule has 0 spiro atoms. The molecule has 0 N–H and O–H groups in total. The van der Waals surface area contributed by atoms with Crippen LogP contribution < -0.4 is 0 Å². The third kappa shape index (κ3) is 2.88. The molecular weight excluding hydrogens is 240 g/mol. The first-order valence-corrected chi connectivity index (χ1v) is 7.13. The Morgan fingerprint density at radius 1 is 1.17 bits per heavy atom. The number of thiophene rings is 1. The zero-order chi connectivity index (χ0) is 13.1. The van der Waals surface area contributed by atoms with Crippen molar-refractivity contribution < 1.29 is 4.79 Å². The number of hydrogen-bond donors (Lipinski definition) is 0. The smallest absolute Gasteiger partial charge is 0.203 e. The Kier molecular flexibility index (Phi) is 3.97. The molecule has 0 saturated heterocycles. The molecule has 1 nitrogen and oxygen atoms in total. The topological polar surface area (TPSA) is 17.1 Å². The Hall–Kier alpha value is -1.41. The van der Waals surface area contributed by atoms with Crippen molar-refractivity contribution >= 4 is 17.1 Å². The summed E-state index contributed by atoms with van der Waals surface area (Å²) in [7, 11) is 0. The van der Waals surface area contributed by atoms with Crippen LogP contribution in [0.3, 0.4) is 0 Å². The van der Waals surface area contributed by atoms with Gasteiger partial charge in [0.2, 0.25) is 5.78 Å². The number of ketones is 1. The van der Waals surface area contributed by atoms with Crippen LogP contribution in [0.15, 0.2) is 35.7 Å². The van der Waals surface area contributed by atoms with Crippen LogP contribution in [0.1, 0.15) is 40.2 Å². The maximum atomic E-state index is 12.3. The van der Waals surface area contributed by atoms with E-state index in [1.54, 1.807) is 0 Å². The molecule has 1 aromatic carbocycles. The molecule has 0 atom stereocenters. The SMILES string of the molecule is Cc1ccsc1C(=O)c1ccc(CC(C)C)cc1. The molecule has 2 heteroatoms. The normalized spacial score (nSPS) is 10.9. The van der Waals surface area contributed by atoms with Crippen molar-refractivity contribution in [2.75, 3.05) is 0 Å². The van der Waals surface area contributed by atoms with Gasteiger partial charge in [0.1, 0.15) is 0 Å². The molecule has 18 heavy (non-hydrogen) atoms. The lowest BCUT2D eigenvalue weighted by Crippen LogP contribution is -2.01. The first kappa shape index (κ1) is 13.0. The van der Waals surface area contributed by atoms with Gasteiger partial charge in [-0.2, -0.15) is 0 Å². The van der Waals surface area contributed by atoms with Gasteiger partial charge in [0.25, 0.3) is 0 Å². The van der Waals surface area contributed by atoms with Crippen LogP contribution in [-0.2, 0) is 6.42 Å². The Morgan fingerprint density at radius 2 is 1.83 bits per heavy atom. The number of carbonyl (C=O) groups excluding carboxylic acids is 1. The Labute approximate surface area is 112 Å². The van der Waals surface area contributed by atoms with Crippen molar-refractivity contribution in [3.05, 3.63) is 57.3 Å². The van der Waals surface area contributed by atoms with Crippen LogP contribution >= 0.6 is 11.3 Å². The summed E-state index contributed by atoms with van der Waals surface area (Å²) in [5.74, 6) is 0.782. The van der Waals surface area contributed by atoms with E-state index in [0.29, 0.717) is 5.92 Å². The summed E-state index contributed by atoms with van der Waals surface area (Å²) in [5, 5.41) is 1.97. The number of carbonyl (C=O) groups is 1. The molecule has 0 fully saturated rings. The van der Waals surface area contributed by atoms with Gasteiger partial charge >= 0.3 is 0 Å². The molecule has 2 aromatic rings. The van der Waals surface area contributed by atoms with Gasteiger partial charge in [0.15, 0.2) is 0 Å². The summed E-state index contributed by atoms with van der Waals surface area (Å²) in [6.45, 7) is 6.39. The molecule has 0 saturated carbocycles. The zero-order valence-electron chi connectivity index (χ0n) is 11.1. The first-order chi connectivity index (χ1) is 8.58. The fourth-order valence-electron chi connectivity index (χ4n) is 2.00. The number of hydrogen-bond acceptors (Lipinski definition) is 2. The lowest BCUT2D eigenvalue weighted by Gasteiger charge is -2.06. The van der Waals surface area contributed by atoms with Gasteiger partial charge in [-0.05, 0) is 41.8 Å². The quantitative estimate of drug-likeness (QED) is 0.739. The number of aryl methyl sites for hydroxylation is 1. The van der Waals surface area contributed by atoms with Crippen molar-refractivity contribution in [2.24, 2.45) is 5.92 Å². The largest absolute Gasteiger partial charge is 0.288 e. The van der Waals surface area contributed by atoms with Gasteiger partial charge in [-0.1, -0.05) is 38.1 Å². The van der Waals surface area contributed by atoms with Gasteiger partial charge in [0.05, 0.1) is 4.88 Å². The van der Waals surface area contributed by atoms with Gasteiger partial charge < -0.3 is 0 Å². The van der Waals surface area contributed by atoms with E-state index in [-0.39, 0.29) is 5.78 Å². The van der Waals surface area contributed by atoms with Crippen LogP contribution in [0, 0.1) is 12.8 Å². The molecular formula is C16H18OS. The summed E-state index contributed by atoms with van der Waals surface area (Å²) < 4.78 is 0. The standard InChI is InChI=1S/C16H18OS/c1-11(2)10-13-4-6-14(7-5-13)15(17)16-12(3)8-9-18-16/h4-9,11H,10H2,1-3H3. The fourth-order valence-corrected chi connectivity index (χ4v) is 2.89. The van der Waals surface area contributed by atoms with Crippen molar-refractivity contribution in [1.29, 1.82) is 0 Å². The van der Waals surface area contributed by atoms with Crippen molar-refractivity contribution in [3.8, 4) is 0 Å². The van der Waals surface area contributed by atoms with Gasteiger partial charge in [-0.3, -0.25) is 4.79 Å². The molecule has 2 rings (SSSR count). The Bertz CT molecular complexity index is 534. The van der Waals surface area contributed by atoms with Crippen molar-refractivity contribution in [2.45, 2.75) is 27.2 Å². The zero-order valence-corrected chi connectivity index (χ0v) is 11.9. The van der Waals surface area contributed by atoms with Crippen LogP contribution in [0.25, 0.3) is 0 Å². The van der Waals surface area contributed by atoms with E-state index in [9.17, 15) is 4.79 Å². The summed E-state index contributed by atoms with van der Waals surface area (Å²) in [5.41, 5.74) is 3.15. The van der Waals surface area contributed by atoms with Crippen LogP contribution in [0.2, 0.25) is 0 Å². The highest BCUT2D eigenvalue weighted by atomic mass is 32.1. The molecule has 0 aliphatic rings. The number of rotatable bonds is 4. The summed E-state index contributed by atoms with van der Waals surface area (Å²) >= 11 is 1.52. The fraction of sp³-hybridized carbons (Fsp3) is 0.312. The monoisotopic (exact) mass is 258 g/mol.